The van der Waals surface area contributed by atoms with Gasteiger partial charge in [-0.3, -0.25) is 0 Å². The van der Waals surface area contributed by atoms with Crippen molar-refractivity contribution in [2.45, 2.75) is 59.9 Å². The Kier molecular flexibility index (Phi) is 7.03. The number of aliphatic hydroxyl groups is 1. The van der Waals surface area contributed by atoms with Crippen LogP contribution in [0.5, 0.6) is 0 Å². The number of hydrogen-bond acceptors (Lipinski definition) is 3. The quantitative estimate of drug-likeness (QED) is 0.720. The summed E-state index contributed by atoms with van der Waals surface area (Å²) in [5.74, 6) is 0.0565. The third kappa shape index (κ3) is 6.20. The summed E-state index contributed by atoms with van der Waals surface area (Å²) in [5, 5.41) is 15.7. The van der Waals surface area contributed by atoms with Crippen molar-refractivity contribution in [2.24, 2.45) is 5.92 Å². The topological polar surface area (TPSA) is 70.6 Å². The molecule has 23 heavy (non-hydrogen) atoms. The minimum Gasteiger partial charge on any atom is -0.388 e. The smallest absolute Gasteiger partial charge is 0.319 e. The van der Waals surface area contributed by atoms with Crippen molar-refractivity contribution >= 4 is 11.7 Å². The first-order chi connectivity index (χ1) is 10.6. The van der Waals surface area contributed by atoms with E-state index in [0.29, 0.717) is 6.61 Å². The maximum Gasteiger partial charge on any atom is 0.319 e. The molecule has 0 saturated carbocycles. The number of rotatable bonds is 7. The predicted molar refractivity (Wildman–Crippen MR) is 93.6 cm³/mol. The SMILES string of the molecule is Cc1c(COC(C)C)cccc1NC(=O)NCC(C)(O)C(C)C. The molecule has 5 heteroatoms. The molecular formula is C18H30N2O3. The van der Waals surface area contributed by atoms with Crippen LogP contribution in [0.25, 0.3) is 0 Å². The number of amides is 2. The minimum atomic E-state index is -0.931. The van der Waals surface area contributed by atoms with E-state index in [2.05, 4.69) is 10.6 Å². The largest absolute Gasteiger partial charge is 0.388 e. The van der Waals surface area contributed by atoms with E-state index in [9.17, 15) is 9.90 Å². The lowest BCUT2D eigenvalue weighted by atomic mass is 9.93. The molecule has 3 N–H and O–H groups in total. The molecule has 130 valence electrons. The first-order valence-electron chi connectivity index (χ1n) is 8.10. The van der Waals surface area contributed by atoms with Crippen LogP contribution in [-0.2, 0) is 11.3 Å². The van der Waals surface area contributed by atoms with Gasteiger partial charge in [0, 0.05) is 12.2 Å². The van der Waals surface area contributed by atoms with E-state index in [0.717, 1.165) is 16.8 Å². The summed E-state index contributed by atoms with van der Waals surface area (Å²) in [4.78, 5) is 12.0. The number of hydrogen-bond donors (Lipinski definition) is 3. The number of carbonyl (C=O) groups is 1. The molecule has 0 saturated heterocycles. The van der Waals surface area contributed by atoms with Crippen LogP contribution in [0.4, 0.5) is 10.5 Å². The summed E-state index contributed by atoms with van der Waals surface area (Å²) in [7, 11) is 0. The molecule has 2 amide bonds. The number of anilines is 1. The van der Waals surface area contributed by atoms with Crippen molar-refractivity contribution in [3.63, 3.8) is 0 Å². The van der Waals surface area contributed by atoms with Gasteiger partial charge >= 0.3 is 6.03 Å². The fourth-order valence-electron chi connectivity index (χ4n) is 1.86. The second kappa shape index (κ2) is 8.31. The van der Waals surface area contributed by atoms with Gasteiger partial charge in [0.25, 0.3) is 0 Å². The van der Waals surface area contributed by atoms with E-state index >= 15 is 0 Å². The van der Waals surface area contributed by atoms with Gasteiger partial charge in [0.15, 0.2) is 0 Å². The summed E-state index contributed by atoms with van der Waals surface area (Å²) < 4.78 is 5.63. The van der Waals surface area contributed by atoms with Crippen molar-refractivity contribution in [1.82, 2.24) is 5.32 Å². The maximum absolute atomic E-state index is 12.0. The summed E-state index contributed by atoms with van der Waals surface area (Å²) in [5.41, 5.74) is 1.85. The van der Waals surface area contributed by atoms with Gasteiger partial charge in [0.2, 0.25) is 0 Å². The molecule has 0 radical (unpaired) electrons. The predicted octanol–water partition coefficient (Wildman–Crippen LogP) is 3.45. The molecule has 1 aromatic rings. The van der Waals surface area contributed by atoms with Gasteiger partial charge in [0.1, 0.15) is 0 Å². The molecule has 0 aromatic heterocycles. The summed E-state index contributed by atoms with van der Waals surface area (Å²) in [6, 6.07) is 5.42. The summed E-state index contributed by atoms with van der Waals surface area (Å²) >= 11 is 0. The molecular weight excluding hydrogens is 292 g/mol. The van der Waals surface area contributed by atoms with Crippen molar-refractivity contribution in [2.75, 3.05) is 11.9 Å². The normalized spacial score (nSPS) is 14.0. The number of benzene rings is 1. The highest BCUT2D eigenvalue weighted by Gasteiger charge is 2.25. The molecule has 5 nitrogen and oxygen atoms in total. The van der Waals surface area contributed by atoms with Gasteiger partial charge in [0.05, 0.1) is 18.3 Å². The Balaban J connectivity index is 2.66. The lowest BCUT2D eigenvalue weighted by Gasteiger charge is -2.27. The highest BCUT2D eigenvalue weighted by molar-refractivity contribution is 5.90. The minimum absolute atomic E-state index is 0.0565. The fraction of sp³-hybridized carbons (Fsp3) is 0.611. The third-order valence-corrected chi connectivity index (χ3v) is 4.12. The second-order valence-corrected chi connectivity index (χ2v) is 6.77. The molecule has 0 heterocycles. The number of nitrogens with one attached hydrogen (secondary N) is 2. The lowest BCUT2D eigenvalue weighted by Crippen LogP contribution is -2.45. The number of carbonyl (C=O) groups excluding carboxylic acids is 1. The van der Waals surface area contributed by atoms with E-state index in [1.807, 2.05) is 52.8 Å². The molecule has 0 bridgehead atoms. The van der Waals surface area contributed by atoms with E-state index in [-0.39, 0.29) is 24.6 Å². The summed E-state index contributed by atoms with van der Waals surface area (Å²) in [6.45, 7) is 12.2. The van der Waals surface area contributed by atoms with Crippen LogP contribution >= 0.6 is 0 Å². The molecule has 0 aliphatic rings. The standard InChI is InChI=1S/C18H30N2O3/c1-12(2)18(6,22)11-19-17(21)20-16-9-7-8-15(14(16)5)10-23-13(3)4/h7-9,12-13,22H,10-11H2,1-6H3,(H2,19,20,21). The van der Waals surface area contributed by atoms with Crippen molar-refractivity contribution in [3.05, 3.63) is 29.3 Å². The van der Waals surface area contributed by atoms with E-state index in [1.165, 1.54) is 0 Å². The van der Waals surface area contributed by atoms with Gasteiger partial charge in [-0.05, 0) is 50.8 Å². The Hall–Kier alpha value is -1.59. The second-order valence-electron chi connectivity index (χ2n) is 6.77. The van der Waals surface area contributed by atoms with Crippen LogP contribution in [0.1, 0.15) is 45.7 Å². The van der Waals surface area contributed by atoms with Crippen molar-refractivity contribution in [1.29, 1.82) is 0 Å². The van der Waals surface area contributed by atoms with Crippen molar-refractivity contribution < 1.29 is 14.6 Å². The lowest BCUT2D eigenvalue weighted by molar-refractivity contribution is 0.0170. The number of ether oxygens (including phenoxy) is 1. The van der Waals surface area contributed by atoms with Crippen LogP contribution in [0.2, 0.25) is 0 Å². The Bertz CT molecular complexity index is 525. The fourth-order valence-corrected chi connectivity index (χ4v) is 1.86. The average Bonchev–Trinajstić information content (AvgIpc) is 2.46. The highest BCUT2D eigenvalue weighted by Crippen LogP contribution is 2.20. The first kappa shape index (κ1) is 19.5. The monoisotopic (exact) mass is 322 g/mol. The van der Waals surface area contributed by atoms with Gasteiger partial charge in [-0.2, -0.15) is 0 Å². The Morgan fingerprint density at radius 2 is 1.96 bits per heavy atom. The zero-order chi connectivity index (χ0) is 17.6. The van der Waals surface area contributed by atoms with E-state index in [4.69, 9.17) is 4.74 Å². The van der Waals surface area contributed by atoms with Crippen LogP contribution in [0, 0.1) is 12.8 Å². The Labute approximate surface area is 139 Å². The zero-order valence-electron chi connectivity index (χ0n) is 15.1. The van der Waals surface area contributed by atoms with Crippen LogP contribution in [-0.4, -0.2) is 29.4 Å². The first-order valence-corrected chi connectivity index (χ1v) is 8.10. The molecule has 0 aliphatic carbocycles. The molecule has 0 spiro atoms. The molecule has 0 aliphatic heterocycles. The van der Waals surface area contributed by atoms with Gasteiger partial charge in [-0.25, -0.2) is 4.79 Å². The van der Waals surface area contributed by atoms with Crippen LogP contribution < -0.4 is 10.6 Å². The van der Waals surface area contributed by atoms with Crippen molar-refractivity contribution in [3.8, 4) is 0 Å². The van der Waals surface area contributed by atoms with Crippen LogP contribution in [0.3, 0.4) is 0 Å². The zero-order valence-corrected chi connectivity index (χ0v) is 15.1. The molecule has 1 aromatic carbocycles. The van der Waals surface area contributed by atoms with Gasteiger partial charge < -0.3 is 20.5 Å². The highest BCUT2D eigenvalue weighted by atomic mass is 16.5. The molecule has 1 atom stereocenters. The van der Waals surface area contributed by atoms with Crippen LogP contribution in [0.15, 0.2) is 18.2 Å². The Morgan fingerprint density at radius 1 is 1.30 bits per heavy atom. The van der Waals surface area contributed by atoms with Gasteiger partial charge in [-0.1, -0.05) is 26.0 Å². The Morgan fingerprint density at radius 3 is 2.52 bits per heavy atom. The number of urea groups is 1. The molecule has 1 rings (SSSR count). The average molecular weight is 322 g/mol. The summed E-state index contributed by atoms with van der Waals surface area (Å²) in [6.07, 6.45) is 0.160. The molecule has 0 fully saturated rings. The maximum atomic E-state index is 12.0. The third-order valence-electron chi connectivity index (χ3n) is 4.12. The van der Waals surface area contributed by atoms with E-state index < -0.39 is 5.60 Å². The van der Waals surface area contributed by atoms with Gasteiger partial charge in [-0.15, -0.1) is 0 Å². The molecule has 1 unspecified atom stereocenters. The van der Waals surface area contributed by atoms with E-state index in [1.54, 1.807) is 6.92 Å².